The van der Waals surface area contributed by atoms with E-state index in [4.69, 9.17) is 9.15 Å². The van der Waals surface area contributed by atoms with E-state index in [2.05, 4.69) is 36.3 Å². The van der Waals surface area contributed by atoms with E-state index in [9.17, 15) is 4.79 Å². The highest BCUT2D eigenvalue weighted by molar-refractivity contribution is 5.92. The highest BCUT2D eigenvalue weighted by Crippen LogP contribution is 2.27. The molecule has 1 amide bonds. The number of rotatable bonds is 6. The van der Waals surface area contributed by atoms with Crippen molar-refractivity contribution in [3.8, 4) is 17.2 Å². The lowest BCUT2D eigenvalue weighted by atomic mass is 10.0. The summed E-state index contributed by atoms with van der Waals surface area (Å²) in [6, 6.07) is 21.1. The van der Waals surface area contributed by atoms with Crippen molar-refractivity contribution < 1.29 is 13.9 Å². The van der Waals surface area contributed by atoms with Crippen LogP contribution in [0.4, 0.5) is 5.69 Å². The van der Waals surface area contributed by atoms with Crippen molar-refractivity contribution in [1.82, 2.24) is 4.98 Å². The highest BCUT2D eigenvalue weighted by Gasteiger charge is 2.11. The smallest absolute Gasteiger partial charge is 0.262 e. The van der Waals surface area contributed by atoms with Crippen LogP contribution in [0.3, 0.4) is 0 Å². The van der Waals surface area contributed by atoms with Crippen LogP contribution in [0.25, 0.3) is 22.6 Å². The molecule has 0 fully saturated rings. The molecule has 1 heterocycles. The van der Waals surface area contributed by atoms with Crippen molar-refractivity contribution >= 4 is 22.7 Å². The number of ether oxygens (including phenoxy) is 1. The standard InChI is InChI=1S/C25H24N2O3/c1-16(2)19-10-13-23-21(14-19)27-25(30-23)18-8-11-20(12-9-18)26-24(28)15-29-22-7-5-4-6-17(22)3/h4-14,16H,15H2,1-3H3,(H,26,28). The predicted octanol–water partition coefficient (Wildman–Crippen LogP) is 5.94. The Hall–Kier alpha value is -3.60. The van der Waals surface area contributed by atoms with Gasteiger partial charge in [-0.15, -0.1) is 0 Å². The first kappa shape index (κ1) is 19.7. The Bertz CT molecular complexity index is 1180. The molecule has 4 rings (SSSR count). The number of hydrogen-bond donors (Lipinski definition) is 1. The van der Waals surface area contributed by atoms with Crippen molar-refractivity contribution in [2.75, 3.05) is 11.9 Å². The molecular formula is C25H24N2O3. The lowest BCUT2D eigenvalue weighted by molar-refractivity contribution is -0.118. The zero-order chi connectivity index (χ0) is 21.1. The fraction of sp³-hybridized carbons (Fsp3) is 0.200. The normalized spacial score (nSPS) is 11.1. The molecule has 5 nitrogen and oxygen atoms in total. The van der Waals surface area contributed by atoms with E-state index in [1.54, 1.807) is 0 Å². The van der Waals surface area contributed by atoms with Crippen LogP contribution in [0.1, 0.15) is 30.9 Å². The molecule has 0 radical (unpaired) electrons. The van der Waals surface area contributed by atoms with Crippen LogP contribution >= 0.6 is 0 Å². The summed E-state index contributed by atoms with van der Waals surface area (Å²) < 4.78 is 11.5. The van der Waals surface area contributed by atoms with Gasteiger partial charge in [-0.1, -0.05) is 38.1 Å². The summed E-state index contributed by atoms with van der Waals surface area (Å²) in [6.07, 6.45) is 0. The summed E-state index contributed by atoms with van der Waals surface area (Å²) in [5, 5.41) is 2.84. The van der Waals surface area contributed by atoms with E-state index in [-0.39, 0.29) is 12.5 Å². The number of nitrogens with zero attached hydrogens (tertiary/aromatic N) is 1. The second kappa shape index (κ2) is 8.41. The van der Waals surface area contributed by atoms with E-state index in [0.29, 0.717) is 23.2 Å². The molecule has 1 aromatic heterocycles. The molecule has 0 atom stereocenters. The van der Waals surface area contributed by atoms with Gasteiger partial charge in [0.1, 0.15) is 11.3 Å². The van der Waals surface area contributed by atoms with Crippen molar-refractivity contribution in [1.29, 1.82) is 0 Å². The third kappa shape index (κ3) is 4.35. The van der Waals surface area contributed by atoms with Gasteiger partial charge in [-0.3, -0.25) is 4.79 Å². The number of carbonyl (C=O) groups excluding carboxylic acids is 1. The Balaban J connectivity index is 1.42. The number of hydrogen-bond acceptors (Lipinski definition) is 4. The second-order valence-corrected chi connectivity index (χ2v) is 7.58. The van der Waals surface area contributed by atoms with Gasteiger partial charge in [0, 0.05) is 11.3 Å². The van der Waals surface area contributed by atoms with Crippen LogP contribution in [-0.2, 0) is 4.79 Å². The molecule has 30 heavy (non-hydrogen) atoms. The summed E-state index contributed by atoms with van der Waals surface area (Å²) in [7, 11) is 0. The molecule has 0 spiro atoms. The van der Waals surface area contributed by atoms with Crippen LogP contribution in [-0.4, -0.2) is 17.5 Å². The minimum absolute atomic E-state index is 0.0457. The van der Waals surface area contributed by atoms with Crippen molar-refractivity contribution in [3.63, 3.8) is 0 Å². The maximum absolute atomic E-state index is 12.2. The minimum Gasteiger partial charge on any atom is -0.483 e. The van der Waals surface area contributed by atoms with Crippen LogP contribution in [0.2, 0.25) is 0 Å². The van der Waals surface area contributed by atoms with Crippen LogP contribution in [0.15, 0.2) is 71.1 Å². The third-order valence-electron chi connectivity index (χ3n) is 4.95. The number of anilines is 1. The fourth-order valence-electron chi connectivity index (χ4n) is 3.18. The average molecular weight is 400 g/mol. The fourth-order valence-corrected chi connectivity index (χ4v) is 3.18. The maximum Gasteiger partial charge on any atom is 0.262 e. The second-order valence-electron chi connectivity index (χ2n) is 7.58. The predicted molar refractivity (Wildman–Crippen MR) is 119 cm³/mol. The molecule has 0 saturated heterocycles. The number of carbonyl (C=O) groups is 1. The summed E-state index contributed by atoms with van der Waals surface area (Å²) in [5.74, 6) is 1.49. The molecule has 152 valence electrons. The monoisotopic (exact) mass is 400 g/mol. The summed E-state index contributed by atoms with van der Waals surface area (Å²) in [4.78, 5) is 16.8. The Kier molecular flexibility index (Phi) is 5.53. The van der Waals surface area contributed by atoms with Gasteiger partial charge in [-0.05, 0) is 66.4 Å². The topological polar surface area (TPSA) is 64.4 Å². The number of nitrogens with one attached hydrogen (secondary N) is 1. The van der Waals surface area contributed by atoms with Gasteiger partial charge in [-0.25, -0.2) is 4.98 Å². The molecule has 0 bridgehead atoms. The van der Waals surface area contributed by atoms with Gasteiger partial charge in [0.25, 0.3) is 5.91 Å². The van der Waals surface area contributed by atoms with E-state index < -0.39 is 0 Å². The van der Waals surface area contributed by atoms with E-state index in [0.717, 1.165) is 22.2 Å². The van der Waals surface area contributed by atoms with Gasteiger partial charge in [0.15, 0.2) is 12.2 Å². The summed E-state index contributed by atoms with van der Waals surface area (Å²) in [6.45, 7) is 6.21. The maximum atomic E-state index is 12.2. The first-order valence-electron chi connectivity index (χ1n) is 9.99. The lowest BCUT2D eigenvalue weighted by Crippen LogP contribution is -2.20. The molecule has 0 saturated carbocycles. The first-order chi connectivity index (χ1) is 14.5. The number of benzene rings is 3. The number of aryl methyl sites for hydroxylation is 1. The largest absolute Gasteiger partial charge is 0.483 e. The quantitative estimate of drug-likeness (QED) is 0.435. The summed E-state index contributed by atoms with van der Waals surface area (Å²) in [5.41, 5.74) is 5.38. The molecule has 5 heteroatoms. The lowest BCUT2D eigenvalue weighted by Gasteiger charge is -2.09. The van der Waals surface area contributed by atoms with Gasteiger partial charge >= 0.3 is 0 Å². The Morgan fingerprint density at radius 1 is 1.07 bits per heavy atom. The van der Waals surface area contributed by atoms with Gasteiger partial charge in [-0.2, -0.15) is 0 Å². The number of aromatic nitrogens is 1. The number of oxazole rings is 1. The molecule has 0 aliphatic heterocycles. The summed E-state index contributed by atoms with van der Waals surface area (Å²) >= 11 is 0. The average Bonchev–Trinajstić information content (AvgIpc) is 3.17. The minimum atomic E-state index is -0.214. The van der Waals surface area contributed by atoms with E-state index in [1.165, 1.54) is 5.56 Å². The number of amides is 1. The van der Waals surface area contributed by atoms with Gasteiger partial charge in [0.2, 0.25) is 5.89 Å². The molecule has 4 aromatic rings. The SMILES string of the molecule is Cc1ccccc1OCC(=O)Nc1ccc(-c2nc3cc(C(C)C)ccc3o2)cc1. The Labute approximate surface area is 175 Å². The molecule has 0 unspecified atom stereocenters. The van der Waals surface area contributed by atoms with Gasteiger partial charge in [0.05, 0.1) is 0 Å². The van der Waals surface area contributed by atoms with Crippen LogP contribution in [0.5, 0.6) is 5.75 Å². The van der Waals surface area contributed by atoms with E-state index >= 15 is 0 Å². The molecular weight excluding hydrogens is 376 g/mol. The Morgan fingerprint density at radius 3 is 2.57 bits per heavy atom. The van der Waals surface area contributed by atoms with Gasteiger partial charge < -0.3 is 14.5 Å². The molecule has 0 aliphatic rings. The highest BCUT2D eigenvalue weighted by atomic mass is 16.5. The molecule has 3 aromatic carbocycles. The third-order valence-corrected chi connectivity index (χ3v) is 4.95. The zero-order valence-corrected chi connectivity index (χ0v) is 17.3. The zero-order valence-electron chi connectivity index (χ0n) is 17.3. The number of fused-ring (bicyclic) bond motifs is 1. The van der Waals surface area contributed by atoms with Crippen LogP contribution in [0, 0.1) is 6.92 Å². The molecule has 0 aliphatic carbocycles. The Morgan fingerprint density at radius 2 is 1.83 bits per heavy atom. The van der Waals surface area contributed by atoms with Crippen molar-refractivity contribution in [3.05, 3.63) is 77.9 Å². The van der Waals surface area contributed by atoms with Crippen molar-refractivity contribution in [2.24, 2.45) is 0 Å². The van der Waals surface area contributed by atoms with E-state index in [1.807, 2.05) is 61.5 Å². The molecule has 1 N–H and O–H groups in total. The van der Waals surface area contributed by atoms with Crippen molar-refractivity contribution in [2.45, 2.75) is 26.7 Å². The van der Waals surface area contributed by atoms with Crippen LogP contribution < -0.4 is 10.1 Å². The first-order valence-corrected chi connectivity index (χ1v) is 9.99. The number of para-hydroxylation sites is 1.